The maximum Gasteiger partial charge on any atom is 0.266 e. The van der Waals surface area contributed by atoms with E-state index in [9.17, 15) is 4.79 Å². The topological polar surface area (TPSA) is 84.5 Å². The number of piperidine rings is 1. The quantitative estimate of drug-likeness (QED) is 0.657. The summed E-state index contributed by atoms with van der Waals surface area (Å²) in [6, 6.07) is 7.49. The first-order valence-electron chi connectivity index (χ1n) is 10.4. The van der Waals surface area contributed by atoms with Crippen LogP contribution < -0.4 is 10.5 Å². The first kappa shape index (κ1) is 18.2. The van der Waals surface area contributed by atoms with Gasteiger partial charge >= 0.3 is 0 Å². The van der Waals surface area contributed by atoms with Crippen LogP contribution in [0.15, 0.2) is 29.1 Å². The lowest BCUT2D eigenvalue weighted by Gasteiger charge is -2.30. The molecule has 29 heavy (non-hydrogen) atoms. The molecule has 9 heteroatoms. The summed E-state index contributed by atoms with van der Waals surface area (Å²) >= 11 is 0. The van der Waals surface area contributed by atoms with E-state index in [2.05, 4.69) is 31.2 Å². The van der Waals surface area contributed by atoms with Gasteiger partial charge in [0.2, 0.25) is 0 Å². The van der Waals surface area contributed by atoms with Crippen molar-refractivity contribution in [3.05, 3.63) is 46.1 Å². The number of aromatic nitrogens is 6. The van der Waals surface area contributed by atoms with Crippen LogP contribution in [0.4, 0.5) is 5.82 Å². The molecular formula is C20H26N8O. The third-order valence-corrected chi connectivity index (χ3v) is 6.06. The first-order chi connectivity index (χ1) is 14.2. The predicted octanol–water partition coefficient (Wildman–Crippen LogP) is 1.20. The minimum absolute atomic E-state index is 0.0769. The number of fused-ring (bicyclic) bond motifs is 1. The van der Waals surface area contributed by atoms with Gasteiger partial charge in [-0.2, -0.15) is 9.61 Å². The molecule has 0 bridgehead atoms. The summed E-state index contributed by atoms with van der Waals surface area (Å²) in [6.45, 7) is 4.85. The zero-order valence-corrected chi connectivity index (χ0v) is 16.7. The van der Waals surface area contributed by atoms with Gasteiger partial charge in [-0.3, -0.25) is 9.69 Å². The van der Waals surface area contributed by atoms with Crippen LogP contribution in [0, 0.1) is 0 Å². The van der Waals surface area contributed by atoms with Crippen LogP contribution in [0.1, 0.15) is 43.1 Å². The van der Waals surface area contributed by atoms with Crippen LogP contribution in [-0.2, 0) is 13.6 Å². The Kier molecular flexibility index (Phi) is 4.75. The van der Waals surface area contributed by atoms with Crippen molar-refractivity contribution in [2.24, 2.45) is 7.05 Å². The summed E-state index contributed by atoms with van der Waals surface area (Å²) < 4.78 is 3.34. The van der Waals surface area contributed by atoms with Gasteiger partial charge < -0.3 is 4.90 Å². The summed E-state index contributed by atoms with van der Waals surface area (Å²) in [5.74, 6) is 2.35. The number of rotatable bonds is 4. The lowest BCUT2D eigenvalue weighted by molar-refractivity contribution is 0.197. The van der Waals surface area contributed by atoms with Crippen LogP contribution >= 0.6 is 0 Å². The van der Waals surface area contributed by atoms with Crippen molar-refractivity contribution < 1.29 is 0 Å². The van der Waals surface area contributed by atoms with Gasteiger partial charge in [-0.05, 0) is 57.0 Å². The molecule has 152 valence electrons. The second-order valence-corrected chi connectivity index (χ2v) is 8.05. The molecule has 3 aromatic heterocycles. The van der Waals surface area contributed by atoms with Crippen molar-refractivity contribution in [1.29, 1.82) is 0 Å². The Morgan fingerprint density at radius 2 is 1.76 bits per heavy atom. The van der Waals surface area contributed by atoms with E-state index >= 15 is 0 Å². The maximum atomic E-state index is 11.5. The molecule has 0 unspecified atom stereocenters. The zero-order valence-electron chi connectivity index (χ0n) is 16.7. The summed E-state index contributed by atoms with van der Waals surface area (Å²) in [7, 11) is 1.69. The van der Waals surface area contributed by atoms with Gasteiger partial charge in [0.1, 0.15) is 5.82 Å². The van der Waals surface area contributed by atoms with Crippen LogP contribution in [0.25, 0.3) is 5.65 Å². The molecule has 2 aliphatic rings. The van der Waals surface area contributed by atoms with E-state index in [1.54, 1.807) is 13.1 Å². The molecule has 0 radical (unpaired) electrons. The monoisotopic (exact) mass is 394 g/mol. The highest BCUT2D eigenvalue weighted by atomic mass is 16.1. The summed E-state index contributed by atoms with van der Waals surface area (Å²) in [5.41, 5.74) is 1.67. The number of hydrogen-bond donors (Lipinski definition) is 0. The van der Waals surface area contributed by atoms with Crippen molar-refractivity contribution in [2.45, 2.75) is 38.1 Å². The average Bonchev–Trinajstić information content (AvgIpc) is 3.41. The fourth-order valence-electron chi connectivity index (χ4n) is 4.38. The second kappa shape index (κ2) is 7.55. The molecule has 0 amide bonds. The van der Waals surface area contributed by atoms with Gasteiger partial charge in [0, 0.05) is 38.7 Å². The third kappa shape index (κ3) is 3.62. The number of likely N-dealkylation sites (tertiary alicyclic amines) is 1. The van der Waals surface area contributed by atoms with Crippen molar-refractivity contribution in [3.8, 4) is 0 Å². The summed E-state index contributed by atoms with van der Waals surface area (Å²) in [6.07, 6.45) is 4.50. The number of hydrogen-bond acceptors (Lipinski definition) is 7. The minimum atomic E-state index is -0.0769. The van der Waals surface area contributed by atoms with Crippen LogP contribution in [-0.4, -0.2) is 60.7 Å². The smallest absolute Gasteiger partial charge is 0.266 e. The molecule has 0 atom stereocenters. The molecule has 0 spiro atoms. The molecule has 5 rings (SSSR count). The van der Waals surface area contributed by atoms with Gasteiger partial charge in [0.25, 0.3) is 5.56 Å². The lowest BCUT2D eigenvalue weighted by atomic mass is 9.96. The molecule has 3 aromatic rings. The molecule has 2 saturated heterocycles. The maximum absolute atomic E-state index is 11.5. The Hall–Kier alpha value is -2.81. The second-order valence-electron chi connectivity index (χ2n) is 8.05. The minimum Gasteiger partial charge on any atom is -0.355 e. The van der Waals surface area contributed by atoms with E-state index in [0.717, 1.165) is 68.5 Å². The van der Waals surface area contributed by atoms with Crippen molar-refractivity contribution in [2.75, 3.05) is 31.1 Å². The van der Waals surface area contributed by atoms with E-state index in [1.165, 1.54) is 17.5 Å². The van der Waals surface area contributed by atoms with Gasteiger partial charge in [-0.1, -0.05) is 0 Å². The number of anilines is 1. The number of nitrogens with zero attached hydrogens (tertiary/aromatic N) is 8. The summed E-state index contributed by atoms with van der Waals surface area (Å²) in [4.78, 5) is 16.2. The highest BCUT2D eigenvalue weighted by Gasteiger charge is 2.26. The molecule has 2 aliphatic heterocycles. The largest absolute Gasteiger partial charge is 0.355 e. The van der Waals surface area contributed by atoms with Crippen molar-refractivity contribution >= 4 is 11.5 Å². The molecular weight excluding hydrogens is 368 g/mol. The fraction of sp³-hybridized carbons (Fsp3) is 0.550. The predicted molar refractivity (Wildman–Crippen MR) is 109 cm³/mol. The molecule has 0 saturated carbocycles. The van der Waals surface area contributed by atoms with E-state index in [1.807, 2.05) is 16.6 Å². The normalized spacial score (nSPS) is 18.7. The first-order valence-corrected chi connectivity index (χ1v) is 10.4. The highest BCUT2D eigenvalue weighted by Crippen LogP contribution is 2.28. The molecule has 9 nitrogen and oxygen atoms in total. The SMILES string of the molecule is Cn1nc(CN2CCC(c3nnc4ccc(N5CCCC5)nn34)CC2)ccc1=O. The fourth-order valence-corrected chi connectivity index (χ4v) is 4.38. The van der Waals surface area contributed by atoms with Gasteiger partial charge in [-0.25, -0.2) is 4.68 Å². The summed E-state index contributed by atoms with van der Waals surface area (Å²) in [5, 5.41) is 18.0. The third-order valence-electron chi connectivity index (χ3n) is 6.06. The van der Waals surface area contributed by atoms with Crippen LogP contribution in [0.2, 0.25) is 0 Å². The van der Waals surface area contributed by atoms with Crippen molar-refractivity contribution in [3.63, 3.8) is 0 Å². The van der Waals surface area contributed by atoms with Gasteiger partial charge in [0.15, 0.2) is 11.5 Å². The van der Waals surface area contributed by atoms with E-state index in [0.29, 0.717) is 5.92 Å². The van der Waals surface area contributed by atoms with E-state index < -0.39 is 0 Å². The Labute approximate surface area is 169 Å². The van der Waals surface area contributed by atoms with Gasteiger partial charge in [0.05, 0.1) is 5.69 Å². The Balaban J connectivity index is 1.28. The Morgan fingerprint density at radius 3 is 2.52 bits per heavy atom. The Bertz CT molecular complexity index is 1060. The molecule has 5 heterocycles. The van der Waals surface area contributed by atoms with Gasteiger partial charge in [-0.15, -0.1) is 15.3 Å². The van der Waals surface area contributed by atoms with E-state index in [4.69, 9.17) is 5.10 Å². The van der Waals surface area contributed by atoms with E-state index in [-0.39, 0.29) is 5.56 Å². The van der Waals surface area contributed by atoms with Crippen molar-refractivity contribution in [1.82, 2.24) is 34.5 Å². The standard InChI is InChI=1S/C20H26N8O/c1-25-19(29)7-4-16(23-25)14-26-12-8-15(9-13-26)20-22-21-17-5-6-18(24-28(17)20)27-10-2-3-11-27/h4-7,15H,2-3,8-14H2,1H3. The van der Waals surface area contributed by atoms with Crippen LogP contribution in [0.5, 0.6) is 0 Å². The average molecular weight is 394 g/mol. The molecule has 2 fully saturated rings. The Morgan fingerprint density at radius 1 is 0.966 bits per heavy atom. The number of aryl methyl sites for hydroxylation is 1. The highest BCUT2D eigenvalue weighted by molar-refractivity contribution is 5.46. The molecule has 0 aromatic carbocycles. The molecule has 0 N–H and O–H groups in total. The molecule has 0 aliphatic carbocycles. The zero-order chi connectivity index (χ0) is 19.8. The van der Waals surface area contributed by atoms with Crippen LogP contribution in [0.3, 0.4) is 0 Å². The lowest BCUT2D eigenvalue weighted by Crippen LogP contribution is -2.34.